The monoisotopic (exact) mass is 234 g/mol. The van der Waals surface area contributed by atoms with Crippen molar-refractivity contribution in [2.75, 3.05) is 6.61 Å². The molecule has 1 N–H and O–H groups in total. The summed E-state index contributed by atoms with van der Waals surface area (Å²) >= 11 is 0. The van der Waals surface area contributed by atoms with Gasteiger partial charge >= 0.3 is 5.97 Å². The van der Waals surface area contributed by atoms with Crippen molar-refractivity contribution in [3.8, 4) is 0 Å². The van der Waals surface area contributed by atoms with Crippen LogP contribution in [0.2, 0.25) is 0 Å². The van der Waals surface area contributed by atoms with Crippen molar-refractivity contribution < 1.29 is 14.6 Å². The van der Waals surface area contributed by atoms with Gasteiger partial charge in [-0.05, 0) is 24.5 Å². The van der Waals surface area contributed by atoms with Crippen molar-refractivity contribution in [2.24, 2.45) is 0 Å². The molecule has 0 amide bonds. The lowest BCUT2D eigenvalue weighted by Crippen LogP contribution is -2.00. The minimum Gasteiger partial charge on any atom is -0.481 e. The third-order valence-corrected chi connectivity index (χ3v) is 2.32. The zero-order valence-electron chi connectivity index (χ0n) is 10.1. The summed E-state index contributed by atoms with van der Waals surface area (Å²) in [6.07, 6.45) is 0.938. The zero-order valence-corrected chi connectivity index (χ0v) is 10.1. The van der Waals surface area contributed by atoms with Crippen LogP contribution in [0, 0.1) is 0 Å². The molecule has 3 heteroatoms. The Balaban J connectivity index is 2.35. The second kappa shape index (κ2) is 6.86. The molecule has 0 aromatic heterocycles. The van der Waals surface area contributed by atoms with Gasteiger partial charge in [0.15, 0.2) is 0 Å². The summed E-state index contributed by atoms with van der Waals surface area (Å²) in [7, 11) is 0. The predicted molar refractivity (Wildman–Crippen MR) is 66.9 cm³/mol. The molecule has 1 aromatic rings. The van der Waals surface area contributed by atoms with E-state index in [4.69, 9.17) is 9.84 Å². The SMILES string of the molecule is C=C(C)CCOCc1ccc(CC(=O)O)cc1. The van der Waals surface area contributed by atoms with E-state index in [9.17, 15) is 4.79 Å². The first-order valence-electron chi connectivity index (χ1n) is 5.59. The second-order valence-corrected chi connectivity index (χ2v) is 4.15. The van der Waals surface area contributed by atoms with Crippen molar-refractivity contribution in [3.05, 3.63) is 47.5 Å². The fourth-order valence-corrected chi connectivity index (χ4v) is 1.36. The van der Waals surface area contributed by atoms with E-state index in [0.717, 1.165) is 23.1 Å². The fraction of sp³-hybridized carbons (Fsp3) is 0.357. The van der Waals surface area contributed by atoms with Crippen LogP contribution in [0.15, 0.2) is 36.4 Å². The van der Waals surface area contributed by atoms with Gasteiger partial charge in [0, 0.05) is 0 Å². The lowest BCUT2D eigenvalue weighted by molar-refractivity contribution is -0.136. The van der Waals surface area contributed by atoms with E-state index in [0.29, 0.717) is 13.2 Å². The molecule has 0 saturated carbocycles. The Morgan fingerprint density at radius 1 is 1.29 bits per heavy atom. The highest BCUT2D eigenvalue weighted by atomic mass is 16.5. The quantitative estimate of drug-likeness (QED) is 0.583. The normalized spacial score (nSPS) is 10.2. The Kier molecular flexibility index (Phi) is 5.43. The van der Waals surface area contributed by atoms with E-state index in [1.807, 2.05) is 31.2 Å². The van der Waals surface area contributed by atoms with E-state index in [1.165, 1.54) is 0 Å². The summed E-state index contributed by atoms with van der Waals surface area (Å²) in [5.41, 5.74) is 2.98. The molecular weight excluding hydrogens is 216 g/mol. The Labute approximate surface area is 102 Å². The number of aliphatic carboxylic acids is 1. The summed E-state index contributed by atoms with van der Waals surface area (Å²) in [4.78, 5) is 10.5. The van der Waals surface area contributed by atoms with Crippen molar-refractivity contribution in [1.82, 2.24) is 0 Å². The van der Waals surface area contributed by atoms with E-state index < -0.39 is 5.97 Å². The summed E-state index contributed by atoms with van der Waals surface area (Å²) in [5, 5.41) is 8.63. The minimum absolute atomic E-state index is 0.0663. The molecule has 1 rings (SSSR count). The number of carbonyl (C=O) groups is 1. The van der Waals surface area contributed by atoms with Crippen molar-refractivity contribution in [2.45, 2.75) is 26.4 Å². The Bertz CT molecular complexity index is 379. The number of rotatable bonds is 7. The van der Waals surface area contributed by atoms with Gasteiger partial charge < -0.3 is 9.84 Å². The van der Waals surface area contributed by atoms with Gasteiger partial charge in [0.05, 0.1) is 19.6 Å². The summed E-state index contributed by atoms with van der Waals surface area (Å²) < 4.78 is 5.47. The maximum Gasteiger partial charge on any atom is 0.307 e. The number of hydrogen-bond donors (Lipinski definition) is 1. The van der Waals surface area contributed by atoms with Gasteiger partial charge in [0.25, 0.3) is 0 Å². The van der Waals surface area contributed by atoms with Crippen LogP contribution in [0.4, 0.5) is 0 Å². The molecule has 3 nitrogen and oxygen atoms in total. The zero-order chi connectivity index (χ0) is 12.7. The summed E-state index contributed by atoms with van der Waals surface area (Å²) in [6, 6.07) is 7.45. The van der Waals surface area contributed by atoms with E-state index >= 15 is 0 Å². The summed E-state index contributed by atoms with van der Waals surface area (Å²) in [5.74, 6) is -0.810. The van der Waals surface area contributed by atoms with Crippen molar-refractivity contribution >= 4 is 5.97 Å². The molecule has 0 spiro atoms. The molecule has 17 heavy (non-hydrogen) atoms. The molecule has 0 aliphatic rings. The maximum absolute atomic E-state index is 10.5. The van der Waals surface area contributed by atoms with Gasteiger partial charge in [-0.25, -0.2) is 0 Å². The Hall–Kier alpha value is -1.61. The number of ether oxygens (including phenoxy) is 1. The molecule has 0 radical (unpaired) electrons. The van der Waals surface area contributed by atoms with Crippen LogP contribution in [0.1, 0.15) is 24.5 Å². The lowest BCUT2D eigenvalue weighted by atomic mass is 10.1. The minimum atomic E-state index is -0.810. The Morgan fingerprint density at radius 3 is 2.41 bits per heavy atom. The molecule has 0 heterocycles. The van der Waals surface area contributed by atoms with Gasteiger partial charge in [0.2, 0.25) is 0 Å². The van der Waals surface area contributed by atoms with Gasteiger partial charge in [0.1, 0.15) is 0 Å². The molecule has 0 unspecified atom stereocenters. The number of carboxylic acids is 1. The summed E-state index contributed by atoms with van der Waals surface area (Å²) in [6.45, 7) is 7.01. The molecular formula is C14H18O3. The third kappa shape index (κ3) is 5.88. The van der Waals surface area contributed by atoms with Gasteiger partial charge in [-0.3, -0.25) is 4.79 Å². The fourth-order valence-electron chi connectivity index (χ4n) is 1.36. The van der Waals surface area contributed by atoms with E-state index in [-0.39, 0.29) is 6.42 Å². The van der Waals surface area contributed by atoms with Crippen LogP contribution in [-0.2, 0) is 22.6 Å². The number of hydrogen-bond acceptors (Lipinski definition) is 2. The number of benzene rings is 1. The average Bonchev–Trinajstić information content (AvgIpc) is 2.25. The molecule has 0 saturated heterocycles. The molecule has 92 valence electrons. The van der Waals surface area contributed by atoms with E-state index in [2.05, 4.69) is 6.58 Å². The molecule has 1 aromatic carbocycles. The van der Waals surface area contributed by atoms with Crippen LogP contribution in [0.5, 0.6) is 0 Å². The van der Waals surface area contributed by atoms with Crippen LogP contribution in [0.25, 0.3) is 0 Å². The smallest absolute Gasteiger partial charge is 0.307 e. The Morgan fingerprint density at radius 2 is 1.88 bits per heavy atom. The van der Waals surface area contributed by atoms with Gasteiger partial charge in [-0.15, -0.1) is 6.58 Å². The highest BCUT2D eigenvalue weighted by Crippen LogP contribution is 2.07. The topological polar surface area (TPSA) is 46.5 Å². The average molecular weight is 234 g/mol. The molecule has 0 aliphatic carbocycles. The standard InChI is InChI=1S/C14H18O3/c1-11(2)7-8-17-10-13-5-3-12(4-6-13)9-14(15)16/h3-6H,1,7-10H2,2H3,(H,15,16). The highest BCUT2D eigenvalue weighted by Gasteiger charge is 2.00. The van der Waals surface area contributed by atoms with Gasteiger partial charge in [-0.1, -0.05) is 29.8 Å². The second-order valence-electron chi connectivity index (χ2n) is 4.15. The maximum atomic E-state index is 10.5. The van der Waals surface area contributed by atoms with Crippen molar-refractivity contribution in [3.63, 3.8) is 0 Å². The molecule has 0 fully saturated rings. The van der Waals surface area contributed by atoms with Crippen LogP contribution >= 0.6 is 0 Å². The lowest BCUT2D eigenvalue weighted by Gasteiger charge is -2.05. The largest absolute Gasteiger partial charge is 0.481 e. The molecule has 0 atom stereocenters. The van der Waals surface area contributed by atoms with Crippen LogP contribution < -0.4 is 0 Å². The third-order valence-electron chi connectivity index (χ3n) is 2.32. The molecule has 0 aliphatic heterocycles. The van der Waals surface area contributed by atoms with Crippen LogP contribution in [0.3, 0.4) is 0 Å². The first-order chi connectivity index (χ1) is 8.08. The number of carboxylic acid groups (broad SMARTS) is 1. The van der Waals surface area contributed by atoms with Crippen molar-refractivity contribution in [1.29, 1.82) is 0 Å². The van der Waals surface area contributed by atoms with Crippen LogP contribution in [-0.4, -0.2) is 17.7 Å². The predicted octanol–water partition coefficient (Wildman–Crippen LogP) is 2.80. The first-order valence-corrected chi connectivity index (χ1v) is 5.59. The molecule has 0 bridgehead atoms. The highest BCUT2D eigenvalue weighted by molar-refractivity contribution is 5.70. The van der Waals surface area contributed by atoms with Gasteiger partial charge in [-0.2, -0.15) is 0 Å². The first kappa shape index (κ1) is 13.5. The van der Waals surface area contributed by atoms with E-state index in [1.54, 1.807) is 0 Å².